The average molecular weight is 394 g/mol. The molecule has 0 spiro atoms. The molecule has 0 radical (unpaired) electrons. The van der Waals surface area contributed by atoms with Gasteiger partial charge in [-0.05, 0) is 74.2 Å². The van der Waals surface area contributed by atoms with Crippen LogP contribution in [0.25, 0.3) is 0 Å². The third-order valence-corrected chi connectivity index (χ3v) is 5.77. The predicted octanol–water partition coefficient (Wildman–Crippen LogP) is 3.57. The Labute approximate surface area is 170 Å². The number of hydrogen-bond donors (Lipinski definition) is 1. The zero-order valence-corrected chi connectivity index (χ0v) is 16.8. The minimum atomic E-state index is -0.450. The Hall–Kier alpha value is -2.86. The molecule has 0 aromatic heterocycles. The van der Waals surface area contributed by atoms with E-state index < -0.39 is 6.10 Å². The number of carbonyl (C=O) groups is 2. The average Bonchev–Trinajstić information content (AvgIpc) is 2.75. The highest BCUT2D eigenvalue weighted by Crippen LogP contribution is 2.32. The molecule has 1 N–H and O–H groups in total. The van der Waals surface area contributed by atoms with Crippen LogP contribution in [0.1, 0.15) is 47.2 Å². The van der Waals surface area contributed by atoms with E-state index in [0.29, 0.717) is 11.5 Å². The Morgan fingerprint density at radius 3 is 2.59 bits per heavy atom. The molecule has 2 aromatic carbocycles. The topological polar surface area (TPSA) is 67.9 Å². The van der Waals surface area contributed by atoms with E-state index in [1.54, 1.807) is 6.92 Å². The number of anilines is 1. The SMILES string of the molecule is COC(=O)c1ccc(C2CCN(Cc3ccc4c(c3)NC(=O)C(C)O4)CC2)cc1. The number of methoxy groups -OCH3 is 1. The van der Waals surface area contributed by atoms with Gasteiger partial charge < -0.3 is 14.8 Å². The standard InChI is InChI=1S/C23H26N2O4/c1-15-22(26)24-20-13-16(3-8-21(20)29-15)14-25-11-9-18(10-12-25)17-4-6-19(7-5-17)23(27)28-2/h3-8,13,15,18H,9-12,14H2,1-2H3,(H,24,26). The molecule has 6 nitrogen and oxygen atoms in total. The van der Waals surface area contributed by atoms with Crippen LogP contribution in [0.4, 0.5) is 5.69 Å². The molecule has 0 bridgehead atoms. The van der Waals surface area contributed by atoms with Crippen molar-refractivity contribution in [1.29, 1.82) is 0 Å². The second-order valence-electron chi connectivity index (χ2n) is 7.74. The van der Waals surface area contributed by atoms with Crippen molar-refractivity contribution in [2.24, 2.45) is 0 Å². The van der Waals surface area contributed by atoms with Crippen molar-refractivity contribution < 1.29 is 19.1 Å². The number of rotatable bonds is 4. The predicted molar refractivity (Wildman–Crippen MR) is 110 cm³/mol. The van der Waals surface area contributed by atoms with E-state index in [0.717, 1.165) is 43.9 Å². The van der Waals surface area contributed by atoms with Gasteiger partial charge in [0.05, 0.1) is 18.4 Å². The van der Waals surface area contributed by atoms with Crippen molar-refractivity contribution in [2.75, 3.05) is 25.5 Å². The number of benzene rings is 2. The number of ether oxygens (including phenoxy) is 2. The molecule has 4 rings (SSSR count). The maximum absolute atomic E-state index is 11.8. The van der Waals surface area contributed by atoms with Gasteiger partial charge in [-0.15, -0.1) is 0 Å². The summed E-state index contributed by atoms with van der Waals surface area (Å²) in [6.45, 7) is 4.63. The molecule has 1 saturated heterocycles. The fourth-order valence-electron chi connectivity index (χ4n) is 4.05. The number of nitrogens with one attached hydrogen (secondary N) is 1. The van der Waals surface area contributed by atoms with Crippen LogP contribution in [-0.4, -0.2) is 43.1 Å². The summed E-state index contributed by atoms with van der Waals surface area (Å²) in [6.07, 6.45) is 1.72. The number of likely N-dealkylation sites (tertiary alicyclic amines) is 1. The quantitative estimate of drug-likeness (QED) is 0.803. The van der Waals surface area contributed by atoms with Crippen LogP contribution in [-0.2, 0) is 16.1 Å². The van der Waals surface area contributed by atoms with Crippen molar-refractivity contribution in [3.05, 3.63) is 59.2 Å². The first-order valence-electron chi connectivity index (χ1n) is 10.0. The van der Waals surface area contributed by atoms with Crippen molar-refractivity contribution in [3.63, 3.8) is 0 Å². The van der Waals surface area contributed by atoms with Gasteiger partial charge in [-0.2, -0.15) is 0 Å². The number of nitrogens with zero attached hydrogens (tertiary/aromatic N) is 1. The minimum Gasteiger partial charge on any atom is -0.479 e. The molecule has 1 unspecified atom stereocenters. The van der Waals surface area contributed by atoms with Crippen LogP contribution in [0.5, 0.6) is 5.75 Å². The highest BCUT2D eigenvalue weighted by Gasteiger charge is 2.25. The Bertz CT molecular complexity index is 902. The van der Waals surface area contributed by atoms with Gasteiger partial charge in [-0.3, -0.25) is 9.69 Å². The molecule has 0 saturated carbocycles. The van der Waals surface area contributed by atoms with Gasteiger partial charge >= 0.3 is 5.97 Å². The third-order valence-electron chi connectivity index (χ3n) is 5.77. The highest BCUT2D eigenvalue weighted by atomic mass is 16.5. The molecule has 2 aliphatic heterocycles. The van der Waals surface area contributed by atoms with Crippen molar-refractivity contribution >= 4 is 17.6 Å². The summed E-state index contributed by atoms with van der Waals surface area (Å²) in [5.74, 6) is 0.840. The molecule has 1 amide bonds. The molecule has 152 valence electrons. The van der Waals surface area contributed by atoms with E-state index in [2.05, 4.69) is 16.3 Å². The Morgan fingerprint density at radius 2 is 1.90 bits per heavy atom. The molecule has 6 heteroatoms. The Balaban J connectivity index is 1.34. The lowest BCUT2D eigenvalue weighted by atomic mass is 9.89. The minimum absolute atomic E-state index is 0.103. The number of amides is 1. The highest BCUT2D eigenvalue weighted by molar-refractivity contribution is 5.97. The molecule has 1 fully saturated rings. The van der Waals surface area contributed by atoms with E-state index in [1.807, 2.05) is 36.4 Å². The monoisotopic (exact) mass is 394 g/mol. The third kappa shape index (κ3) is 4.27. The van der Waals surface area contributed by atoms with E-state index in [1.165, 1.54) is 18.2 Å². The molecule has 2 heterocycles. The molecule has 29 heavy (non-hydrogen) atoms. The van der Waals surface area contributed by atoms with Gasteiger partial charge in [-0.1, -0.05) is 18.2 Å². The van der Waals surface area contributed by atoms with Gasteiger partial charge in [0.2, 0.25) is 0 Å². The van der Waals surface area contributed by atoms with Gasteiger partial charge in [0.1, 0.15) is 5.75 Å². The lowest BCUT2D eigenvalue weighted by Gasteiger charge is -2.32. The zero-order valence-electron chi connectivity index (χ0n) is 16.8. The fraction of sp³-hybridized carbons (Fsp3) is 0.391. The van der Waals surface area contributed by atoms with Crippen LogP contribution in [0.2, 0.25) is 0 Å². The number of esters is 1. The summed E-state index contributed by atoms with van der Waals surface area (Å²) < 4.78 is 10.4. The molecule has 1 atom stereocenters. The van der Waals surface area contributed by atoms with E-state index in [9.17, 15) is 9.59 Å². The summed E-state index contributed by atoms with van der Waals surface area (Å²) in [7, 11) is 1.40. The summed E-state index contributed by atoms with van der Waals surface area (Å²) in [5.41, 5.74) is 3.79. The second-order valence-corrected chi connectivity index (χ2v) is 7.74. The largest absolute Gasteiger partial charge is 0.479 e. The van der Waals surface area contributed by atoms with E-state index in [-0.39, 0.29) is 11.9 Å². The summed E-state index contributed by atoms with van der Waals surface area (Å²) in [4.78, 5) is 25.9. The van der Waals surface area contributed by atoms with Crippen LogP contribution in [0.15, 0.2) is 42.5 Å². The second kappa shape index (κ2) is 8.25. The molecular weight excluding hydrogens is 368 g/mol. The van der Waals surface area contributed by atoms with Crippen molar-refractivity contribution in [2.45, 2.75) is 38.3 Å². The molecule has 0 aliphatic carbocycles. The lowest BCUT2D eigenvalue weighted by Crippen LogP contribution is -2.35. The molecular formula is C23H26N2O4. The van der Waals surface area contributed by atoms with Gasteiger partial charge in [0.15, 0.2) is 6.10 Å². The van der Waals surface area contributed by atoms with Crippen LogP contribution >= 0.6 is 0 Å². The summed E-state index contributed by atoms with van der Waals surface area (Å²) >= 11 is 0. The maximum Gasteiger partial charge on any atom is 0.337 e. The fourth-order valence-corrected chi connectivity index (χ4v) is 4.05. The van der Waals surface area contributed by atoms with Gasteiger partial charge in [0.25, 0.3) is 5.91 Å². The number of hydrogen-bond acceptors (Lipinski definition) is 5. The summed E-state index contributed by atoms with van der Waals surface area (Å²) in [5, 5.41) is 2.92. The van der Waals surface area contributed by atoms with E-state index >= 15 is 0 Å². The number of carbonyl (C=O) groups excluding carboxylic acids is 2. The lowest BCUT2D eigenvalue weighted by molar-refractivity contribution is -0.122. The normalized spacial score (nSPS) is 19.8. The first kappa shape index (κ1) is 19.5. The molecule has 2 aromatic rings. The maximum atomic E-state index is 11.8. The van der Waals surface area contributed by atoms with Crippen LogP contribution < -0.4 is 10.1 Å². The Morgan fingerprint density at radius 1 is 1.17 bits per heavy atom. The van der Waals surface area contributed by atoms with Crippen LogP contribution in [0, 0.1) is 0 Å². The van der Waals surface area contributed by atoms with Crippen LogP contribution in [0.3, 0.4) is 0 Å². The zero-order chi connectivity index (χ0) is 20.4. The Kier molecular flexibility index (Phi) is 5.53. The van der Waals surface area contributed by atoms with Crippen molar-refractivity contribution in [3.8, 4) is 5.75 Å². The number of fused-ring (bicyclic) bond motifs is 1. The first-order chi connectivity index (χ1) is 14.0. The van der Waals surface area contributed by atoms with E-state index in [4.69, 9.17) is 9.47 Å². The first-order valence-corrected chi connectivity index (χ1v) is 10.0. The smallest absolute Gasteiger partial charge is 0.337 e. The van der Waals surface area contributed by atoms with Gasteiger partial charge in [-0.25, -0.2) is 4.79 Å². The van der Waals surface area contributed by atoms with Crippen molar-refractivity contribution in [1.82, 2.24) is 4.90 Å². The summed E-state index contributed by atoms with van der Waals surface area (Å²) in [6, 6.07) is 13.8. The molecule has 2 aliphatic rings. The van der Waals surface area contributed by atoms with Gasteiger partial charge in [0, 0.05) is 6.54 Å². The number of piperidine rings is 1.